The van der Waals surface area contributed by atoms with Crippen LogP contribution in [0.4, 0.5) is 5.69 Å². The van der Waals surface area contributed by atoms with Crippen molar-refractivity contribution in [2.45, 2.75) is 24.8 Å². The van der Waals surface area contributed by atoms with Crippen molar-refractivity contribution in [1.82, 2.24) is 4.72 Å². The molecule has 0 aliphatic rings. The SMILES string of the molecule is CNS(=O)(=O)c1cccc([C@@H](C)Nc2ccc(C)cc2OC)c1. The molecular formula is C17H22N2O3S. The minimum Gasteiger partial charge on any atom is -0.495 e. The molecule has 2 rings (SSSR count). The Bertz CT molecular complexity index is 788. The van der Waals surface area contributed by atoms with Crippen molar-refractivity contribution in [3.8, 4) is 5.75 Å². The van der Waals surface area contributed by atoms with Crippen LogP contribution < -0.4 is 14.8 Å². The second-order valence-electron chi connectivity index (χ2n) is 5.35. The largest absolute Gasteiger partial charge is 0.495 e. The van der Waals surface area contributed by atoms with Crippen LogP contribution in [0.25, 0.3) is 0 Å². The van der Waals surface area contributed by atoms with Crippen molar-refractivity contribution in [2.75, 3.05) is 19.5 Å². The van der Waals surface area contributed by atoms with E-state index in [0.29, 0.717) is 0 Å². The molecule has 0 saturated heterocycles. The van der Waals surface area contributed by atoms with Gasteiger partial charge in [-0.05, 0) is 56.3 Å². The van der Waals surface area contributed by atoms with Gasteiger partial charge in [0.15, 0.2) is 0 Å². The van der Waals surface area contributed by atoms with Gasteiger partial charge in [0.2, 0.25) is 10.0 Å². The Labute approximate surface area is 137 Å². The summed E-state index contributed by atoms with van der Waals surface area (Å²) in [6, 6.07) is 12.7. The molecular weight excluding hydrogens is 312 g/mol. The Morgan fingerprint density at radius 3 is 2.52 bits per heavy atom. The molecule has 0 fully saturated rings. The summed E-state index contributed by atoms with van der Waals surface area (Å²) in [7, 11) is -0.415. The maximum Gasteiger partial charge on any atom is 0.240 e. The number of anilines is 1. The van der Waals surface area contributed by atoms with Gasteiger partial charge in [-0.1, -0.05) is 18.2 Å². The van der Waals surface area contributed by atoms with Gasteiger partial charge in [0.25, 0.3) is 0 Å². The Hall–Kier alpha value is -2.05. The first-order valence-electron chi connectivity index (χ1n) is 7.32. The van der Waals surface area contributed by atoms with Gasteiger partial charge in [0, 0.05) is 6.04 Å². The molecule has 6 heteroatoms. The standard InChI is InChI=1S/C17H22N2O3S/c1-12-8-9-16(17(10-12)22-4)19-13(2)14-6-5-7-15(11-14)23(20,21)18-3/h5-11,13,18-19H,1-4H3/t13-/m1/s1. The lowest BCUT2D eigenvalue weighted by molar-refractivity contribution is 0.416. The third kappa shape index (κ3) is 4.03. The lowest BCUT2D eigenvalue weighted by Gasteiger charge is -2.19. The van der Waals surface area contributed by atoms with Gasteiger partial charge >= 0.3 is 0 Å². The number of aryl methyl sites for hydroxylation is 1. The number of methoxy groups -OCH3 is 1. The average Bonchev–Trinajstić information content (AvgIpc) is 2.56. The topological polar surface area (TPSA) is 67.4 Å². The van der Waals surface area contributed by atoms with Crippen molar-refractivity contribution < 1.29 is 13.2 Å². The van der Waals surface area contributed by atoms with E-state index < -0.39 is 10.0 Å². The van der Waals surface area contributed by atoms with Crippen molar-refractivity contribution in [3.63, 3.8) is 0 Å². The van der Waals surface area contributed by atoms with E-state index in [0.717, 1.165) is 22.6 Å². The maximum absolute atomic E-state index is 11.9. The molecule has 0 heterocycles. The third-order valence-corrected chi connectivity index (χ3v) is 5.08. The summed E-state index contributed by atoms with van der Waals surface area (Å²) < 4.78 is 31.6. The van der Waals surface area contributed by atoms with Crippen LogP contribution in [0.5, 0.6) is 5.75 Å². The molecule has 2 aromatic carbocycles. The molecule has 0 aliphatic carbocycles. The Morgan fingerprint density at radius 1 is 1.13 bits per heavy atom. The predicted octanol–water partition coefficient (Wildman–Crippen LogP) is 3.08. The summed E-state index contributed by atoms with van der Waals surface area (Å²) in [5.74, 6) is 0.760. The first-order chi connectivity index (χ1) is 10.9. The normalized spacial score (nSPS) is 12.7. The number of benzene rings is 2. The van der Waals surface area contributed by atoms with Crippen LogP contribution in [0.15, 0.2) is 47.4 Å². The monoisotopic (exact) mass is 334 g/mol. The molecule has 2 N–H and O–H groups in total. The lowest BCUT2D eigenvalue weighted by atomic mass is 10.1. The molecule has 0 saturated carbocycles. The van der Waals surface area contributed by atoms with Crippen molar-refractivity contribution in [2.24, 2.45) is 0 Å². The number of ether oxygens (including phenoxy) is 1. The van der Waals surface area contributed by atoms with Crippen LogP contribution in [0.1, 0.15) is 24.1 Å². The molecule has 0 bridgehead atoms. The zero-order valence-corrected chi connectivity index (χ0v) is 14.6. The van der Waals surface area contributed by atoms with Gasteiger partial charge < -0.3 is 10.1 Å². The van der Waals surface area contributed by atoms with E-state index in [4.69, 9.17) is 4.74 Å². The highest BCUT2D eigenvalue weighted by Gasteiger charge is 2.14. The van der Waals surface area contributed by atoms with Crippen molar-refractivity contribution >= 4 is 15.7 Å². The minimum atomic E-state index is -3.45. The van der Waals surface area contributed by atoms with E-state index >= 15 is 0 Å². The molecule has 0 radical (unpaired) electrons. The number of rotatable bonds is 6. The first kappa shape index (κ1) is 17.3. The van der Waals surface area contributed by atoms with Crippen LogP contribution in [0, 0.1) is 6.92 Å². The quantitative estimate of drug-likeness (QED) is 0.852. The predicted molar refractivity (Wildman–Crippen MR) is 92.5 cm³/mol. The number of hydrogen-bond donors (Lipinski definition) is 2. The highest BCUT2D eigenvalue weighted by atomic mass is 32.2. The van der Waals surface area contributed by atoms with Gasteiger partial charge in [-0.25, -0.2) is 13.1 Å². The first-order valence-corrected chi connectivity index (χ1v) is 8.80. The summed E-state index contributed by atoms with van der Waals surface area (Å²) in [4.78, 5) is 0.252. The molecule has 1 atom stereocenters. The molecule has 2 aromatic rings. The van der Waals surface area contributed by atoms with E-state index in [1.165, 1.54) is 7.05 Å². The molecule has 0 spiro atoms. The Balaban J connectivity index is 2.28. The van der Waals surface area contributed by atoms with E-state index in [2.05, 4.69) is 10.0 Å². The summed E-state index contributed by atoms with van der Waals surface area (Å²) >= 11 is 0. The van der Waals surface area contributed by atoms with Crippen LogP contribution in [-0.4, -0.2) is 22.6 Å². The fraction of sp³-hybridized carbons (Fsp3) is 0.294. The molecule has 124 valence electrons. The average molecular weight is 334 g/mol. The van der Waals surface area contributed by atoms with E-state index in [-0.39, 0.29) is 10.9 Å². The molecule has 0 aromatic heterocycles. The van der Waals surface area contributed by atoms with Gasteiger partial charge in [-0.3, -0.25) is 0 Å². The maximum atomic E-state index is 11.9. The van der Waals surface area contributed by atoms with E-state index in [1.807, 2.05) is 38.1 Å². The van der Waals surface area contributed by atoms with Crippen LogP contribution in [-0.2, 0) is 10.0 Å². The fourth-order valence-electron chi connectivity index (χ4n) is 2.30. The molecule has 23 heavy (non-hydrogen) atoms. The molecule has 0 amide bonds. The lowest BCUT2D eigenvalue weighted by Crippen LogP contribution is -2.19. The second-order valence-corrected chi connectivity index (χ2v) is 7.24. The highest BCUT2D eigenvalue weighted by molar-refractivity contribution is 7.89. The van der Waals surface area contributed by atoms with Gasteiger partial charge in [-0.2, -0.15) is 0 Å². The molecule has 0 unspecified atom stereocenters. The zero-order chi connectivity index (χ0) is 17.0. The molecule has 0 aliphatic heterocycles. The van der Waals surface area contributed by atoms with Crippen LogP contribution >= 0.6 is 0 Å². The fourth-order valence-corrected chi connectivity index (χ4v) is 3.09. The third-order valence-electron chi connectivity index (χ3n) is 3.67. The van der Waals surface area contributed by atoms with Gasteiger partial charge in [0.05, 0.1) is 17.7 Å². The smallest absolute Gasteiger partial charge is 0.240 e. The van der Waals surface area contributed by atoms with Gasteiger partial charge in [0.1, 0.15) is 5.75 Å². The number of sulfonamides is 1. The number of hydrogen-bond acceptors (Lipinski definition) is 4. The van der Waals surface area contributed by atoms with E-state index in [9.17, 15) is 8.42 Å². The van der Waals surface area contributed by atoms with Crippen molar-refractivity contribution in [1.29, 1.82) is 0 Å². The minimum absolute atomic E-state index is 0.0707. The van der Waals surface area contributed by atoms with Crippen LogP contribution in [0.2, 0.25) is 0 Å². The Morgan fingerprint density at radius 2 is 1.87 bits per heavy atom. The summed E-state index contributed by atoms with van der Waals surface area (Å²) in [5, 5.41) is 3.36. The van der Waals surface area contributed by atoms with Crippen molar-refractivity contribution in [3.05, 3.63) is 53.6 Å². The Kier molecular flexibility index (Phi) is 5.28. The summed E-state index contributed by atoms with van der Waals surface area (Å²) in [6.07, 6.45) is 0. The second kappa shape index (κ2) is 7.02. The number of nitrogens with one attached hydrogen (secondary N) is 2. The van der Waals surface area contributed by atoms with Crippen LogP contribution in [0.3, 0.4) is 0 Å². The summed E-state index contributed by atoms with van der Waals surface area (Å²) in [5.41, 5.74) is 2.86. The van der Waals surface area contributed by atoms with E-state index in [1.54, 1.807) is 25.3 Å². The zero-order valence-electron chi connectivity index (χ0n) is 13.8. The highest BCUT2D eigenvalue weighted by Crippen LogP contribution is 2.29. The summed E-state index contributed by atoms with van der Waals surface area (Å²) in [6.45, 7) is 3.98. The molecule has 5 nitrogen and oxygen atoms in total. The van der Waals surface area contributed by atoms with Gasteiger partial charge in [-0.15, -0.1) is 0 Å².